The Bertz CT molecular complexity index is 231. The third kappa shape index (κ3) is 4.21. The number of allylic oxidation sites excluding steroid dienone is 4. The molecule has 1 aliphatic rings. The van der Waals surface area contributed by atoms with Crippen LogP contribution in [0, 0.1) is 5.92 Å². The van der Waals surface area contributed by atoms with Crippen molar-refractivity contribution in [1.29, 1.82) is 0 Å². The summed E-state index contributed by atoms with van der Waals surface area (Å²) in [6.07, 6.45) is 4.70. The van der Waals surface area contributed by atoms with Crippen LogP contribution < -0.4 is 0 Å². The molecule has 0 aliphatic heterocycles. The summed E-state index contributed by atoms with van der Waals surface area (Å²) < 4.78 is 0. The van der Waals surface area contributed by atoms with E-state index in [2.05, 4.69) is 33.8 Å². The van der Waals surface area contributed by atoms with Gasteiger partial charge in [-0.25, -0.2) is 0 Å². The first kappa shape index (κ1) is 14.9. The van der Waals surface area contributed by atoms with Gasteiger partial charge in [-0.3, -0.25) is 0 Å². The molecular formula is C11H17Cl2Zr. The van der Waals surface area contributed by atoms with Crippen LogP contribution in [-0.2, 0) is 20.8 Å². The van der Waals surface area contributed by atoms with E-state index in [1.54, 1.807) is 0 Å². The molecule has 0 unspecified atom stereocenters. The first-order valence-electron chi connectivity index (χ1n) is 4.83. The van der Waals surface area contributed by atoms with Crippen molar-refractivity contribution in [3.05, 3.63) is 28.7 Å². The zero-order valence-corrected chi connectivity index (χ0v) is 13.2. The Morgan fingerprint density at radius 2 is 1.64 bits per heavy atom. The summed E-state index contributed by atoms with van der Waals surface area (Å²) in [4.78, 5) is 0. The molecule has 0 aromatic heterocycles. The molecule has 0 spiro atoms. The van der Waals surface area contributed by atoms with Crippen LogP contribution in [-0.4, -0.2) is 0 Å². The minimum atomic E-state index is -0.826. The van der Waals surface area contributed by atoms with E-state index in [-0.39, 0.29) is 0 Å². The second kappa shape index (κ2) is 8.14. The van der Waals surface area contributed by atoms with Gasteiger partial charge in [0.05, 0.1) is 0 Å². The normalized spacial score (nSPS) is 16.3. The van der Waals surface area contributed by atoms with Gasteiger partial charge in [-0.05, 0) is 25.3 Å². The molecule has 0 N–H and O–H groups in total. The van der Waals surface area contributed by atoms with Gasteiger partial charge in [-0.15, -0.1) is 0 Å². The predicted molar refractivity (Wildman–Crippen MR) is 62.0 cm³/mol. The van der Waals surface area contributed by atoms with E-state index in [4.69, 9.17) is 17.0 Å². The molecule has 0 fully saturated rings. The summed E-state index contributed by atoms with van der Waals surface area (Å²) in [5.41, 5.74) is 4.56. The van der Waals surface area contributed by atoms with Gasteiger partial charge >= 0.3 is 37.9 Å². The number of hydrogen-bond donors (Lipinski definition) is 0. The summed E-state index contributed by atoms with van der Waals surface area (Å²) in [5.74, 6) is 1.50. The third-order valence-corrected chi connectivity index (χ3v) is 2.64. The maximum atomic E-state index is 4.93. The Kier molecular flexibility index (Phi) is 8.68. The molecule has 1 radical (unpaired) electrons. The SMILES string of the molecule is CCC1=CC(CC)=C(C)[C]1C.[Cl][Zr][Cl]. The van der Waals surface area contributed by atoms with Crippen molar-refractivity contribution in [3.63, 3.8) is 0 Å². The van der Waals surface area contributed by atoms with Crippen molar-refractivity contribution >= 4 is 17.0 Å². The van der Waals surface area contributed by atoms with Gasteiger partial charge in [0.2, 0.25) is 0 Å². The summed E-state index contributed by atoms with van der Waals surface area (Å²) in [6.45, 7) is 8.91. The van der Waals surface area contributed by atoms with Crippen LogP contribution >= 0.6 is 17.0 Å². The standard InChI is InChI=1S/C11H17.2ClH.Zr/c1-5-10-7-11(6-2)9(4)8(10)3;;;/h7H,5-6H2,1-4H3;2*1H;/q;;;+2/p-2. The fraction of sp³-hybridized carbons (Fsp3) is 0.545. The van der Waals surface area contributed by atoms with E-state index >= 15 is 0 Å². The molecule has 0 saturated carbocycles. The molecular weight excluding hydrogens is 294 g/mol. The van der Waals surface area contributed by atoms with Crippen LogP contribution in [0.25, 0.3) is 0 Å². The van der Waals surface area contributed by atoms with Crippen molar-refractivity contribution in [2.24, 2.45) is 0 Å². The maximum absolute atomic E-state index is 4.93. The van der Waals surface area contributed by atoms with Gasteiger partial charge in [-0.2, -0.15) is 0 Å². The molecule has 0 amide bonds. The first-order chi connectivity index (χ1) is 6.62. The molecule has 1 rings (SSSR count). The van der Waals surface area contributed by atoms with Crippen LogP contribution in [0.5, 0.6) is 0 Å². The van der Waals surface area contributed by atoms with Gasteiger partial charge in [0.15, 0.2) is 0 Å². The van der Waals surface area contributed by atoms with E-state index in [1.807, 2.05) is 0 Å². The Hall–Kier alpha value is 0.943. The molecule has 0 aromatic rings. The van der Waals surface area contributed by atoms with Gasteiger partial charge < -0.3 is 0 Å². The summed E-state index contributed by atoms with van der Waals surface area (Å²) in [7, 11) is 9.87. The molecule has 1 aliphatic carbocycles. The monoisotopic (exact) mass is 309 g/mol. The fourth-order valence-electron chi connectivity index (χ4n) is 1.64. The summed E-state index contributed by atoms with van der Waals surface area (Å²) in [6, 6.07) is 0. The fourth-order valence-corrected chi connectivity index (χ4v) is 1.64. The van der Waals surface area contributed by atoms with Gasteiger partial charge in [0, 0.05) is 5.92 Å². The van der Waals surface area contributed by atoms with Crippen LogP contribution in [0.2, 0.25) is 0 Å². The third-order valence-electron chi connectivity index (χ3n) is 2.64. The van der Waals surface area contributed by atoms with Crippen molar-refractivity contribution in [2.45, 2.75) is 40.5 Å². The Balaban J connectivity index is 0.000000500. The van der Waals surface area contributed by atoms with Crippen LogP contribution in [0.3, 0.4) is 0 Å². The molecule has 0 aromatic carbocycles. The first-order valence-corrected chi connectivity index (χ1v) is 11.2. The second-order valence-electron chi connectivity index (χ2n) is 3.22. The van der Waals surface area contributed by atoms with Crippen LogP contribution in [0.1, 0.15) is 40.5 Å². The zero-order chi connectivity index (χ0) is 11.1. The zero-order valence-electron chi connectivity index (χ0n) is 9.25. The van der Waals surface area contributed by atoms with E-state index < -0.39 is 20.8 Å². The predicted octanol–water partition coefficient (Wildman–Crippen LogP) is 5.03. The van der Waals surface area contributed by atoms with Crippen molar-refractivity contribution < 1.29 is 20.8 Å². The topological polar surface area (TPSA) is 0 Å². The van der Waals surface area contributed by atoms with E-state index in [1.165, 1.54) is 35.5 Å². The van der Waals surface area contributed by atoms with E-state index in [9.17, 15) is 0 Å². The Morgan fingerprint density at radius 3 is 1.86 bits per heavy atom. The molecule has 0 saturated heterocycles. The number of halogens is 2. The quantitative estimate of drug-likeness (QED) is 0.670. The molecule has 14 heavy (non-hydrogen) atoms. The van der Waals surface area contributed by atoms with Gasteiger partial charge in [0.1, 0.15) is 0 Å². The number of hydrogen-bond acceptors (Lipinski definition) is 0. The van der Waals surface area contributed by atoms with Crippen molar-refractivity contribution in [3.8, 4) is 0 Å². The summed E-state index contributed by atoms with van der Waals surface area (Å²) >= 11 is -0.826. The van der Waals surface area contributed by atoms with Crippen molar-refractivity contribution in [2.75, 3.05) is 0 Å². The molecule has 0 atom stereocenters. The molecule has 0 nitrogen and oxygen atoms in total. The van der Waals surface area contributed by atoms with Gasteiger partial charge in [-0.1, -0.05) is 38.0 Å². The van der Waals surface area contributed by atoms with Gasteiger partial charge in [0.25, 0.3) is 0 Å². The average molecular weight is 311 g/mol. The number of rotatable bonds is 2. The Labute approximate surface area is 106 Å². The van der Waals surface area contributed by atoms with E-state index in [0.29, 0.717) is 0 Å². The van der Waals surface area contributed by atoms with E-state index in [0.717, 1.165) is 0 Å². The second-order valence-corrected chi connectivity index (χ2v) is 6.96. The van der Waals surface area contributed by atoms with Crippen LogP contribution in [0.15, 0.2) is 22.8 Å². The molecule has 3 heteroatoms. The molecule has 0 bridgehead atoms. The molecule has 0 heterocycles. The average Bonchev–Trinajstić information content (AvgIpc) is 2.45. The van der Waals surface area contributed by atoms with Crippen molar-refractivity contribution in [1.82, 2.24) is 0 Å². The summed E-state index contributed by atoms with van der Waals surface area (Å²) in [5, 5.41) is 0. The molecule has 79 valence electrons. The van der Waals surface area contributed by atoms with Crippen LogP contribution in [0.4, 0.5) is 0 Å². The minimum absolute atomic E-state index is 0.826. The Morgan fingerprint density at radius 1 is 1.14 bits per heavy atom.